The molecule has 0 heterocycles. The van der Waals surface area contributed by atoms with E-state index in [2.05, 4.69) is 43.1 Å². The number of carbonyl (C=O) groups excluding carboxylic acids is 1. The van der Waals surface area contributed by atoms with E-state index in [0.29, 0.717) is 6.04 Å². The highest BCUT2D eigenvalue weighted by Crippen LogP contribution is 2.09. The molecule has 118 valence electrons. The summed E-state index contributed by atoms with van der Waals surface area (Å²) in [5.41, 5.74) is 1.99. The van der Waals surface area contributed by atoms with Gasteiger partial charge in [-0.05, 0) is 24.2 Å². The molecule has 4 nitrogen and oxygen atoms in total. The molecule has 0 aliphatic heterocycles. The molecule has 1 N–H and O–H groups in total. The number of amides is 1. The highest BCUT2D eigenvalue weighted by Gasteiger charge is 2.08. The van der Waals surface area contributed by atoms with Crippen LogP contribution in [-0.4, -0.2) is 55.5 Å². The van der Waals surface area contributed by atoms with Gasteiger partial charge in [0, 0.05) is 45.3 Å². The molecule has 0 fully saturated rings. The van der Waals surface area contributed by atoms with Crippen molar-refractivity contribution in [3.8, 4) is 0 Å². The third kappa shape index (κ3) is 6.27. The average molecular weight is 291 g/mol. The summed E-state index contributed by atoms with van der Waals surface area (Å²) in [4.78, 5) is 15.8. The maximum atomic E-state index is 11.8. The first kappa shape index (κ1) is 17.7. The van der Waals surface area contributed by atoms with Crippen LogP contribution in [0.5, 0.6) is 0 Å². The van der Waals surface area contributed by atoms with Crippen LogP contribution in [0.15, 0.2) is 24.3 Å². The second-order valence-electron chi connectivity index (χ2n) is 5.87. The van der Waals surface area contributed by atoms with Gasteiger partial charge in [0.1, 0.15) is 0 Å². The van der Waals surface area contributed by atoms with Gasteiger partial charge in [-0.1, -0.05) is 32.9 Å². The molecule has 1 aromatic carbocycles. The fourth-order valence-electron chi connectivity index (χ4n) is 2.13. The Morgan fingerprint density at radius 2 is 1.81 bits per heavy atom. The minimum Gasteiger partial charge on any atom is -0.345 e. The van der Waals surface area contributed by atoms with E-state index in [0.717, 1.165) is 31.7 Å². The van der Waals surface area contributed by atoms with Gasteiger partial charge in [0.25, 0.3) is 5.91 Å². The SMILES string of the molecule is CCN(CCNC(C)C)Cc1ccc(C(=O)N(C)C)cc1. The lowest BCUT2D eigenvalue weighted by atomic mass is 10.1. The van der Waals surface area contributed by atoms with Crippen LogP contribution in [0.1, 0.15) is 36.7 Å². The summed E-state index contributed by atoms with van der Waals surface area (Å²) in [6.07, 6.45) is 0. The molecular formula is C17H29N3O. The van der Waals surface area contributed by atoms with E-state index in [1.807, 2.05) is 12.1 Å². The average Bonchev–Trinajstić information content (AvgIpc) is 2.45. The Labute approximate surface area is 129 Å². The van der Waals surface area contributed by atoms with Crippen molar-refractivity contribution in [1.82, 2.24) is 15.1 Å². The van der Waals surface area contributed by atoms with Crippen LogP contribution in [-0.2, 0) is 6.54 Å². The molecule has 0 spiro atoms. The monoisotopic (exact) mass is 291 g/mol. The molecule has 0 atom stereocenters. The Morgan fingerprint density at radius 1 is 1.19 bits per heavy atom. The lowest BCUT2D eigenvalue weighted by Gasteiger charge is -2.21. The fourth-order valence-corrected chi connectivity index (χ4v) is 2.13. The summed E-state index contributed by atoms with van der Waals surface area (Å²) in [6.45, 7) is 10.5. The van der Waals surface area contributed by atoms with Gasteiger partial charge in [0.2, 0.25) is 0 Å². The van der Waals surface area contributed by atoms with Gasteiger partial charge >= 0.3 is 0 Å². The number of hydrogen-bond acceptors (Lipinski definition) is 3. The fraction of sp³-hybridized carbons (Fsp3) is 0.588. The van der Waals surface area contributed by atoms with Gasteiger partial charge < -0.3 is 10.2 Å². The molecule has 1 amide bonds. The summed E-state index contributed by atoms with van der Waals surface area (Å²) in [7, 11) is 3.55. The predicted molar refractivity (Wildman–Crippen MR) is 88.5 cm³/mol. The number of rotatable bonds is 8. The Hall–Kier alpha value is -1.39. The number of nitrogens with one attached hydrogen (secondary N) is 1. The summed E-state index contributed by atoms with van der Waals surface area (Å²) in [5, 5.41) is 3.44. The standard InChI is InChI=1S/C17H29N3O/c1-6-20(12-11-18-14(2)3)13-15-7-9-16(10-8-15)17(21)19(4)5/h7-10,14,18H,6,11-13H2,1-5H3. The van der Waals surface area contributed by atoms with Crippen molar-refractivity contribution in [3.63, 3.8) is 0 Å². The summed E-state index contributed by atoms with van der Waals surface area (Å²) < 4.78 is 0. The van der Waals surface area contributed by atoms with Crippen LogP contribution in [0.2, 0.25) is 0 Å². The largest absolute Gasteiger partial charge is 0.345 e. The van der Waals surface area contributed by atoms with Crippen LogP contribution in [0.3, 0.4) is 0 Å². The van der Waals surface area contributed by atoms with E-state index in [4.69, 9.17) is 0 Å². The molecule has 0 aliphatic rings. The van der Waals surface area contributed by atoms with Crippen molar-refractivity contribution in [2.75, 3.05) is 33.7 Å². The molecule has 1 aromatic rings. The third-order valence-electron chi connectivity index (χ3n) is 3.44. The molecule has 0 aliphatic carbocycles. The molecule has 0 radical (unpaired) electrons. The van der Waals surface area contributed by atoms with Crippen LogP contribution in [0.25, 0.3) is 0 Å². The summed E-state index contributed by atoms with van der Waals surface area (Å²) >= 11 is 0. The van der Waals surface area contributed by atoms with Crippen LogP contribution >= 0.6 is 0 Å². The molecule has 0 saturated heterocycles. The van der Waals surface area contributed by atoms with Crippen LogP contribution in [0.4, 0.5) is 0 Å². The molecule has 4 heteroatoms. The Bertz CT molecular complexity index is 426. The van der Waals surface area contributed by atoms with Crippen molar-refractivity contribution in [2.24, 2.45) is 0 Å². The Balaban J connectivity index is 2.54. The minimum absolute atomic E-state index is 0.0510. The van der Waals surface area contributed by atoms with Crippen LogP contribution in [0, 0.1) is 0 Å². The van der Waals surface area contributed by atoms with Gasteiger partial charge in [0.15, 0.2) is 0 Å². The zero-order valence-electron chi connectivity index (χ0n) is 14.0. The molecule has 21 heavy (non-hydrogen) atoms. The highest BCUT2D eigenvalue weighted by atomic mass is 16.2. The molecular weight excluding hydrogens is 262 g/mol. The zero-order chi connectivity index (χ0) is 15.8. The van der Waals surface area contributed by atoms with E-state index in [1.165, 1.54) is 5.56 Å². The second kappa shape index (κ2) is 8.80. The van der Waals surface area contributed by atoms with E-state index in [-0.39, 0.29) is 5.91 Å². The molecule has 0 saturated carbocycles. The van der Waals surface area contributed by atoms with Crippen molar-refractivity contribution in [1.29, 1.82) is 0 Å². The third-order valence-corrected chi connectivity index (χ3v) is 3.44. The number of benzene rings is 1. The van der Waals surface area contributed by atoms with Crippen molar-refractivity contribution >= 4 is 5.91 Å². The summed E-state index contributed by atoms with van der Waals surface area (Å²) in [6, 6.07) is 8.46. The first-order chi connectivity index (χ1) is 9.93. The van der Waals surface area contributed by atoms with Crippen molar-refractivity contribution in [3.05, 3.63) is 35.4 Å². The van der Waals surface area contributed by atoms with E-state index in [1.54, 1.807) is 19.0 Å². The Kier molecular flexibility index (Phi) is 7.40. The minimum atomic E-state index is 0.0510. The van der Waals surface area contributed by atoms with Crippen molar-refractivity contribution in [2.45, 2.75) is 33.4 Å². The maximum absolute atomic E-state index is 11.8. The first-order valence-electron chi connectivity index (χ1n) is 7.70. The lowest BCUT2D eigenvalue weighted by Crippen LogP contribution is -2.34. The first-order valence-corrected chi connectivity index (χ1v) is 7.70. The molecule has 0 aromatic heterocycles. The van der Waals surface area contributed by atoms with Crippen molar-refractivity contribution < 1.29 is 4.79 Å². The smallest absolute Gasteiger partial charge is 0.253 e. The number of likely N-dealkylation sites (N-methyl/N-ethyl adjacent to an activating group) is 1. The molecule has 1 rings (SSSR count). The van der Waals surface area contributed by atoms with Gasteiger partial charge in [-0.2, -0.15) is 0 Å². The van der Waals surface area contributed by atoms with Gasteiger partial charge in [-0.3, -0.25) is 9.69 Å². The lowest BCUT2D eigenvalue weighted by molar-refractivity contribution is 0.0827. The van der Waals surface area contributed by atoms with Gasteiger partial charge in [-0.25, -0.2) is 0 Å². The number of hydrogen-bond donors (Lipinski definition) is 1. The second-order valence-corrected chi connectivity index (χ2v) is 5.87. The number of carbonyl (C=O) groups is 1. The molecule has 0 bridgehead atoms. The van der Waals surface area contributed by atoms with Crippen LogP contribution < -0.4 is 5.32 Å². The summed E-state index contributed by atoms with van der Waals surface area (Å²) in [5.74, 6) is 0.0510. The normalized spacial score (nSPS) is 11.2. The van der Waals surface area contributed by atoms with E-state index in [9.17, 15) is 4.79 Å². The Morgan fingerprint density at radius 3 is 2.29 bits per heavy atom. The maximum Gasteiger partial charge on any atom is 0.253 e. The zero-order valence-corrected chi connectivity index (χ0v) is 14.0. The van der Waals surface area contributed by atoms with E-state index >= 15 is 0 Å². The molecule has 0 unspecified atom stereocenters. The quantitative estimate of drug-likeness (QED) is 0.797. The topological polar surface area (TPSA) is 35.6 Å². The van der Waals surface area contributed by atoms with Gasteiger partial charge in [-0.15, -0.1) is 0 Å². The highest BCUT2D eigenvalue weighted by molar-refractivity contribution is 5.93. The van der Waals surface area contributed by atoms with E-state index < -0.39 is 0 Å². The predicted octanol–water partition coefficient (Wildman–Crippen LogP) is 2.21. The van der Waals surface area contributed by atoms with Gasteiger partial charge in [0.05, 0.1) is 0 Å². The number of nitrogens with zero attached hydrogens (tertiary/aromatic N) is 2.